The van der Waals surface area contributed by atoms with E-state index in [0.29, 0.717) is 13.1 Å². The quantitative estimate of drug-likeness (QED) is 0.853. The third kappa shape index (κ3) is 3.96. The smallest absolute Gasteiger partial charge is 0.227 e. The Labute approximate surface area is 127 Å². The molecule has 5 heteroatoms. The van der Waals surface area contributed by atoms with Gasteiger partial charge in [-0.15, -0.1) is 0 Å². The van der Waals surface area contributed by atoms with Crippen LogP contribution in [0.25, 0.3) is 0 Å². The molecule has 120 valence electrons. The lowest BCUT2D eigenvalue weighted by Gasteiger charge is -2.38. The Morgan fingerprint density at radius 2 is 1.81 bits per heavy atom. The standard InChI is InChI=1S/C16H28N2O3/c1-3-12(2)15(20)17-8-4-6-13(10-17)16(21)18-9-5-7-14(19)11-18/h12-14,19H,3-11H2,1-2H3. The number of piperidine rings is 2. The molecular weight excluding hydrogens is 268 g/mol. The molecule has 2 amide bonds. The number of carbonyl (C=O) groups is 2. The predicted molar refractivity (Wildman–Crippen MR) is 80.6 cm³/mol. The van der Waals surface area contributed by atoms with Gasteiger partial charge in [0.25, 0.3) is 0 Å². The highest BCUT2D eigenvalue weighted by Crippen LogP contribution is 2.23. The molecule has 2 aliphatic rings. The normalized spacial score (nSPS) is 28.3. The first kappa shape index (κ1) is 16.3. The van der Waals surface area contributed by atoms with Crippen molar-refractivity contribution in [3.63, 3.8) is 0 Å². The zero-order valence-electron chi connectivity index (χ0n) is 13.3. The van der Waals surface area contributed by atoms with Crippen LogP contribution >= 0.6 is 0 Å². The molecule has 2 saturated heterocycles. The van der Waals surface area contributed by atoms with E-state index in [1.165, 1.54) is 0 Å². The van der Waals surface area contributed by atoms with Crippen molar-refractivity contribution in [2.24, 2.45) is 11.8 Å². The fraction of sp³-hybridized carbons (Fsp3) is 0.875. The zero-order chi connectivity index (χ0) is 15.4. The van der Waals surface area contributed by atoms with Gasteiger partial charge in [-0.2, -0.15) is 0 Å². The summed E-state index contributed by atoms with van der Waals surface area (Å²) in [6, 6.07) is 0. The lowest BCUT2D eigenvalue weighted by atomic mass is 9.94. The minimum Gasteiger partial charge on any atom is -0.391 e. The van der Waals surface area contributed by atoms with Crippen LogP contribution in [0.5, 0.6) is 0 Å². The van der Waals surface area contributed by atoms with Gasteiger partial charge >= 0.3 is 0 Å². The molecule has 0 aliphatic carbocycles. The molecule has 0 saturated carbocycles. The maximum Gasteiger partial charge on any atom is 0.227 e. The Kier molecular flexibility index (Phi) is 5.62. The number of rotatable bonds is 3. The Morgan fingerprint density at radius 1 is 1.14 bits per heavy atom. The molecule has 5 nitrogen and oxygen atoms in total. The van der Waals surface area contributed by atoms with Crippen molar-refractivity contribution in [1.82, 2.24) is 9.80 Å². The summed E-state index contributed by atoms with van der Waals surface area (Å²) in [5.74, 6) is 0.247. The molecule has 0 radical (unpaired) electrons. The van der Waals surface area contributed by atoms with E-state index in [4.69, 9.17) is 0 Å². The molecule has 0 aromatic heterocycles. The number of hydrogen-bond acceptors (Lipinski definition) is 3. The van der Waals surface area contributed by atoms with E-state index in [0.717, 1.165) is 45.2 Å². The maximum atomic E-state index is 12.6. The summed E-state index contributed by atoms with van der Waals surface area (Å²) < 4.78 is 0. The maximum absolute atomic E-state index is 12.6. The van der Waals surface area contributed by atoms with E-state index in [-0.39, 0.29) is 29.8 Å². The second-order valence-corrected chi connectivity index (χ2v) is 6.51. The van der Waals surface area contributed by atoms with Crippen LogP contribution < -0.4 is 0 Å². The molecule has 2 fully saturated rings. The number of hydrogen-bond donors (Lipinski definition) is 1. The number of aliphatic hydroxyl groups excluding tert-OH is 1. The fourth-order valence-electron chi connectivity index (χ4n) is 3.28. The van der Waals surface area contributed by atoms with Gasteiger partial charge in [0.05, 0.1) is 12.0 Å². The number of amides is 2. The topological polar surface area (TPSA) is 60.9 Å². The summed E-state index contributed by atoms with van der Waals surface area (Å²) in [6.45, 7) is 6.49. The van der Waals surface area contributed by atoms with E-state index in [9.17, 15) is 14.7 Å². The van der Waals surface area contributed by atoms with E-state index < -0.39 is 0 Å². The van der Waals surface area contributed by atoms with Crippen LogP contribution in [0.15, 0.2) is 0 Å². The number of likely N-dealkylation sites (tertiary alicyclic amines) is 2. The summed E-state index contributed by atoms with van der Waals surface area (Å²) in [5.41, 5.74) is 0. The highest BCUT2D eigenvalue weighted by Gasteiger charge is 2.33. The third-order valence-electron chi connectivity index (χ3n) is 4.82. The fourth-order valence-corrected chi connectivity index (χ4v) is 3.28. The number of nitrogens with zero attached hydrogens (tertiary/aromatic N) is 2. The minimum atomic E-state index is -0.385. The average molecular weight is 296 g/mol. The van der Waals surface area contributed by atoms with Crippen molar-refractivity contribution in [2.75, 3.05) is 26.2 Å². The first-order valence-electron chi connectivity index (χ1n) is 8.28. The zero-order valence-corrected chi connectivity index (χ0v) is 13.3. The van der Waals surface area contributed by atoms with Crippen LogP contribution in [0.1, 0.15) is 46.0 Å². The van der Waals surface area contributed by atoms with Crippen LogP contribution in [-0.4, -0.2) is 59.0 Å². The molecule has 0 aromatic carbocycles. The average Bonchev–Trinajstić information content (AvgIpc) is 2.52. The van der Waals surface area contributed by atoms with E-state index in [2.05, 4.69) is 0 Å². The molecule has 0 bridgehead atoms. The van der Waals surface area contributed by atoms with Gasteiger partial charge in [0.2, 0.25) is 11.8 Å². The Hall–Kier alpha value is -1.10. The summed E-state index contributed by atoms with van der Waals surface area (Å²) in [6.07, 6.45) is 3.86. The van der Waals surface area contributed by atoms with Crippen molar-refractivity contribution in [1.29, 1.82) is 0 Å². The predicted octanol–water partition coefficient (Wildman–Crippen LogP) is 1.25. The van der Waals surface area contributed by atoms with Gasteiger partial charge in [-0.3, -0.25) is 9.59 Å². The van der Waals surface area contributed by atoms with Gasteiger partial charge in [-0.05, 0) is 32.1 Å². The molecule has 3 unspecified atom stereocenters. The van der Waals surface area contributed by atoms with E-state index in [1.54, 1.807) is 4.90 Å². The third-order valence-corrected chi connectivity index (χ3v) is 4.82. The lowest BCUT2D eigenvalue weighted by molar-refractivity contribution is -0.144. The van der Waals surface area contributed by atoms with Gasteiger partial charge in [0.15, 0.2) is 0 Å². The van der Waals surface area contributed by atoms with E-state index in [1.807, 2.05) is 18.7 Å². The second kappa shape index (κ2) is 7.25. The molecule has 1 N–H and O–H groups in total. The Bertz CT molecular complexity index is 386. The molecule has 2 heterocycles. The minimum absolute atomic E-state index is 0.0376. The molecule has 0 spiro atoms. The van der Waals surface area contributed by atoms with Gasteiger partial charge in [0, 0.05) is 32.1 Å². The van der Waals surface area contributed by atoms with Gasteiger partial charge in [0.1, 0.15) is 0 Å². The summed E-state index contributed by atoms with van der Waals surface area (Å²) in [5, 5.41) is 9.71. The highest BCUT2D eigenvalue weighted by atomic mass is 16.3. The largest absolute Gasteiger partial charge is 0.391 e. The summed E-state index contributed by atoms with van der Waals surface area (Å²) in [7, 11) is 0. The summed E-state index contributed by atoms with van der Waals surface area (Å²) >= 11 is 0. The molecule has 2 rings (SSSR count). The first-order valence-corrected chi connectivity index (χ1v) is 8.28. The van der Waals surface area contributed by atoms with Crippen molar-refractivity contribution in [3.05, 3.63) is 0 Å². The van der Waals surface area contributed by atoms with Gasteiger partial charge in [-0.1, -0.05) is 13.8 Å². The lowest BCUT2D eigenvalue weighted by Crippen LogP contribution is -2.50. The Morgan fingerprint density at radius 3 is 2.48 bits per heavy atom. The van der Waals surface area contributed by atoms with Crippen LogP contribution in [-0.2, 0) is 9.59 Å². The second-order valence-electron chi connectivity index (χ2n) is 6.51. The number of carbonyl (C=O) groups excluding carboxylic acids is 2. The van der Waals surface area contributed by atoms with Crippen molar-refractivity contribution >= 4 is 11.8 Å². The highest BCUT2D eigenvalue weighted by molar-refractivity contribution is 5.82. The molecule has 2 aliphatic heterocycles. The van der Waals surface area contributed by atoms with Crippen molar-refractivity contribution in [2.45, 2.75) is 52.1 Å². The molecule has 0 aromatic rings. The monoisotopic (exact) mass is 296 g/mol. The van der Waals surface area contributed by atoms with Crippen molar-refractivity contribution in [3.8, 4) is 0 Å². The van der Waals surface area contributed by atoms with Gasteiger partial charge in [-0.25, -0.2) is 0 Å². The Balaban J connectivity index is 1.94. The summed E-state index contributed by atoms with van der Waals surface area (Å²) in [4.78, 5) is 28.5. The van der Waals surface area contributed by atoms with Crippen LogP contribution in [0.2, 0.25) is 0 Å². The van der Waals surface area contributed by atoms with E-state index >= 15 is 0 Å². The molecule has 21 heavy (non-hydrogen) atoms. The first-order chi connectivity index (χ1) is 10.0. The molecule has 3 atom stereocenters. The van der Waals surface area contributed by atoms with Crippen LogP contribution in [0.3, 0.4) is 0 Å². The number of aliphatic hydroxyl groups is 1. The number of β-amino-alcohol motifs (C(OH)–C–C–N with tert-alkyl or cyclic N) is 1. The molecular formula is C16H28N2O3. The van der Waals surface area contributed by atoms with Crippen LogP contribution in [0, 0.1) is 11.8 Å². The SMILES string of the molecule is CCC(C)C(=O)N1CCCC(C(=O)N2CCCC(O)C2)C1. The van der Waals surface area contributed by atoms with Crippen molar-refractivity contribution < 1.29 is 14.7 Å². The van der Waals surface area contributed by atoms with Gasteiger partial charge < -0.3 is 14.9 Å². The van der Waals surface area contributed by atoms with Crippen LogP contribution in [0.4, 0.5) is 0 Å².